The van der Waals surface area contributed by atoms with E-state index in [9.17, 15) is 0 Å². The van der Waals surface area contributed by atoms with Gasteiger partial charge in [0.25, 0.3) is 0 Å². The van der Waals surface area contributed by atoms with Gasteiger partial charge in [-0.25, -0.2) is 0 Å². The summed E-state index contributed by atoms with van der Waals surface area (Å²) in [6, 6.07) is 9.21. The molecule has 0 aliphatic rings. The molecule has 0 N–H and O–H groups in total. The summed E-state index contributed by atoms with van der Waals surface area (Å²) < 4.78 is 0. The highest BCUT2D eigenvalue weighted by atomic mass is 32.1. The average molecular weight is 173 g/mol. The van der Waals surface area contributed by atoms with Gasteiger partial charge in [-0.15, -0.1) is 0 Å². The molecule has 12 heavy (non-hydrogen) atoms. The van der Waals surface area contributed by atoms with Crippen LogP contribution in [0.25, 0.3) is 0 Å². The quantitative estimate of drug-likeness (QED) is 0.469. The number of hydrogen-bond donors (Lipinski definition) is 1. The molecule has 58 valence electrons. The second kappa shape index (κ2) is 4.49. The van der Waals surface area contributed by atoms with Gasteiger partial charge in [-0.3, -0.25) is 0 Å². The lowest BCUT2D eigenvalue weighted by atomic mass is 10.1. The number of nitrogens with zero attached hydrogens (tertiary/aromatic N) is 1. The highest BCUT2D eigenvalue weighted by molar-refractivity contribution is 7.80. The van der Waals surface area contributed by atoms with Crippen LogP contribution in [0.2, 0.25) is 0 Å². The third kappa shape index (κ3) is 2.34. The third-order valence-electron chi connectivity index (χ3n) is 1.33. The summed E-state index contributed by atoms with van der Waals surface area (Å²) in [6.07, 6.45) is 0. The molecule has 0 amide bonds. The Bertz CT molecular complexity index is 348. The van der Waals surface area contributed by atoms with E-state index in [1.54, 1.807) is 12.1 Å². The van der Waals surface area contributed by atoms with Crippen LogP contribution in [0, 0.1) is 23.2 Å². The Labute approximate surface area is 77.4 Å². The van der Waals surface area contributed by atoms with Crippen LogP contribution in [0.1, 0.15) is 11.1 Å². The summed E-state index contributed by atoms with van der Waals surface area (Å²) >= 11 is 3.96. The SMILES string of the molecule is N#Cc1ccc(C#CCS)cc1. The first-order chi connectivity index (χ1) is 5.86. The topological polar surface area (TPSA) is 23.8 Å². The molecule has 1 aromatic rings. The molecular formula is C10H7NS. The molecule has 1 aromatic carbocycles. The zero-order valence-corrected chi connectivity index (χ0v) is 7.31. The van der Waals surface area contributed by atoms with Gasteiger partial charge < -0.3 is 0 Å². The van der Waals surface area contributed by atoms with Crippen LogP contribution in [-0.2, 0) is 0 Å². The van der Waals surface area contributed by atoms with Crippen LogP contribution in [0.3, 0.4) is 0 Å². The number of hydrogen-bond acceptors (Lipinski definition) is 2. The van der Waals surface area contributed by atoms with E-state index in [1.165, 1.54) is 0 Å². The van der Waals surface area contributed by atoms with Crippen LogP contribution in [0.4, 0.5) is 0 Å². The van der Waals surface area contributed by atoms with E-state index < -0.39 is 0 Å². The van der Waals surface area contributed by atoms with Crippen molar-refractivity contribution in [2.45, 2.75) is 0 Å². The zero-order chi connectivity index (χ0) is 8.81. The Balaban J connectivity index is 2.87. The first kappa shape index (κ1) is 8.71. The minimum absolute atomic E-state index is 0.556. The Hall–Kier alpha value is -1.38. The molecule has 0 radical (unpaired) electrons. The highest BCUT2D eigenvalue weighted by Crippen LogP contribution is 2.00. The summed E-state index contributed by atoms with van der Waals surface area (Å²) in [5, 5.41) is 8.51. The van der Waals surface area contributed by atoms with E-state index in [2.05, 4.69) is 24.5 Å². The van der Waals surface area contributed by atoms with E-state index in [-0.39, 0.29) is 0 Å². The maximum absolute atomic E-state index is 8.51. The van der Waals surface area contributed by atoms with Gasteiger partial charge >= 0.3 is 0 Å². The number of thiol groups is 1. The third-order valence-corrected chi connectivity index (χ3v) is 1.48. The first-order valence-corrected chi connectivity index (χ1v) is 4.10. The van der Waals surface area contributed by atoms with Crippen molar-refractivity contribution in [1.29, 1.82) is 5.26 Å². The van der Waals surface area contributed by atoms with Crippen molar-refractivity contribution in [2.75, 3.05) is 5.75 Å². The molecule has 0 aliphatic carbocycles. The lowest BCUT2D eigenvalue weighted by Crippen LogP contribution is -1.76. The van der Waals surface area contributed by atoms with Crippen molar-refractivity contribution in [3.8, 4) is 17.9 Å². The van der Waals surface area contributed by atoms with E-state index in [4.69, 9.17) is 5.26 Å². The van der Waals surface area contributed by atoms with Gasteiger partial charge in [0.2, 0.25) is 0 Å². The molecule has 0 spiro atoms. The molecule has 1 nitrogen and oxygen atoms in total. The second-order valence-electron chi connectivity index (χ2n) is 2.15. The van der Waals surface area contributed by atoms with Crippen LogP contribution in [0.5, 0.6) is 0 Å². The van der Waals surface area contributed by atoms with Crippen molar-refractivity contribution in [3.05, 3.63) is 35.4 Å². The molecule has 1 rings (SSSR count). The van der Waals surface area contributed by atoms with Gasteiger partial charge in [0.1, 0.15) is 0 Å². The smallest absolute Gasteiger partial charge is 0.0991 e. The molecule has 2 heteroatoms. The predicted molar refractivity (Wildman–Crippen MR) is 51.9 cm³/mol. The molecule has 0 atom stereocenters. The molecule has 0 saturated heterocycles. The fourth-order valence-corrected chi connectivity index (χ4v) is 0.849. The molecule has 0 aromatic heterocycles. The lowest BCUT2D eigenvalue weighted by Gasteiger charge is -1.88. The Morgan fingerprint density at radius 3 is 2.25 bits per heavy atom. The Morgan fingerprint density at radius 1 is 1.17 bits per heavy atom. The van der Waals surface area contributed by atoms with Gasteiger partial charge in [-0.1, -0.05) is 11.8 Å². The van der Waals surface area contributed by atoms with Crippen molar-refractivity contribution in [3.63, 3.8) is 0 Å². The van der Waals surface area contributed by atoms with Crippen LogP contribution < -0.4 is 0 Å². The molecule has 0 bridgehead atoms. The molecule has 0 unspecified atom stereocenters. The van der Waals surface area contributed by atoms with Crippen LogP contribution >= 0.6 is 12.6 Å². The summed E-state index contributed by atoms with van der Waals surface area (Å²) in [7, 11) is 0. The number of rotatable bonds is 0. The minimum Gasteiger partial charge on any atom is -0.192 e. The standard InChI is InChI=1S/C10H7NS/c11-8-10-5-3-9(4-6-10)2-1-7-12/h3-6,12H,7H2. The minimum atomic E-state index is 0.556. The van der Waals surface area contributed by atoms with Crippen LogP contribution in [-0.4, -0.2) is 5.75 Å². The normalized spacial score (nSPS) is 8.00. The van der Waals surface area contributed by atoms with Crippen molar-refractivity contribution in [2.24, 2.45) is 0 Å². The Kier molecular flexibility index (Phi) is 3.26. The van der Waals surface area contributed by atoms with Gasteiger partial charge in [-0.05, 0) is 24.3 Å². The van der Waals surface area contributed by atoms with E-state index in [0.717, 1.165) is 5.56 Å². The lowest BCUT2D eigenvalue weighted by molar-refractivity contribution is 1.48. The predicted octanol–water partition coefficient (Wildman–Crippen LogP) is 1.84. The summed E-state index contributed by atoms with van der Waals surface area (Å²) in [5.41, 5.74) is 1.58. The second-order valence-corrected chi connectivity index (χ2v) is 2.47. The van der Waals surface area contributed by atoms with Crippen molar-refractivity contribution in [1.82, 2.24) is 0 Å². The van der Waals surface area contributed by atoms with E-state index in [1.807, 2.05) is 18.2 Å². The van der Waals surface area contributed by atoms with Gasteiger partial charge in [-0.2, -0.15) is 17.9 Å². The summed E-state index contributed by atoms with van der Waals surface area (Å²) in [6.45, 7) is 0. The maximum Gasteiger partial charge on any atom is 0.0991 e. The molecule has 0 saturated carbocycles. The van der Waals surface area contributed by atoms with E-state index in [0.29, 0.717) is 11.3 Å². The Morgan fingerprint density at radius 2 is 1.75 bits per heavy atom. The zero-order valence-electron chi connectivity index (χ0n) is 6.41. The van der Waals surface area contributed by atoms with Crippen LogP contribution in [0.15, 0.2) is 24.3 Å². The fraction of sp³-hybridized carbons (Fsp3) is 0.100. The maximum atomic E-state index is 8.51. The monoisotopic (exact) mass is 173 g/mol. The van der Waals surface area contributed by atoms with Gasteiger partial charge in [0.05, 0.1) is 17.4 Å². The molecule has 0 fully saturated rings. The summed E-state index contributed by atoms with van der Waals surface area (Å²) in [5.74, 6) is 6.30. The fourth-order valence-electron chi connectivity index (χ4n) is 0.770. The number of benzene rings is 1. The van der Waals surface area contributed by atoms with E-state index >= 15 is 0 Å². The van der Waals surface area contributed by atoms with Crippen molar-refractivity contribution < 1.29 is 0 Å². The largest absolute Gasteiger partial charge is 0.192 e. The molecular weight excluding hydrogens is 166 g/mol. The highest BCUT2D eigenvalue weighted by Gasteiger charge is 1.87. The molecule has 0 heterocycles. The van der Waals surface area contributed by atoms with Crippen molar-refractivity contribution >= 4 is 12.6 Å². The summed E-state index contributed by atoms with van der Waals surface area (Å²) in [4.78, 5) is 0. The first-order valence-electron chi connectivity index (χ1n) is 3.46. The average Bonchev–Trinajstić information content (AvgIpc) is 2.15. The number of nitriles is 1. The molecule has 0 aliphatic heterocycles. The van der Waals surface area contributed by atoms with Gasteiger partial charge in [0, 0.05) is 5.56 Å². The van der Waals surface area contributed by atoms with Gasteiger partial charge in [0.15, 0.2) is 0 Å².